The minimum Gasteiger partial charge on any atom is -0.449 e. The minimum atomic E-state index is -0.403. The molecule has 0 aliphatic carbocycles. The van der Waals surface area contributed by atoms with E-state index in [4.69, 9.17) is 14.2 Å². The zero-order valence-corrected chi connectivity index (χ0v) is 12.7. The second-order valence-corrected chi connectivity index (χ2v) is 5.85. The molecule has 1 amide bonds. The number of ether oxygens (including phenoxy) is 3. The van der Waals surface area contributed by atoms with E-state index in [2.05, 4.69) is 16.5 Å². The van der Waals surface area contributed by atoms with Crippen LogP contribution in [-0.4, -0.2) is 77.1 Å². The molecular formula is C12H26N2O4S. The SMILES string of the molecule is C=S(C)CCOC(=O)NCCOCCOCCNC. The largest absolute Gasteiger partial charge is 0.449 e. The molecule has 0 aromatic heterocycles. The number of nitrogens with one attached hydrogen (secondary N) is 2. The van der Waals surface area contributed by atoms with Gasteiger partial charge in [-0.25, -0.2) is 4.79 Å². The molecule has 6 nitrogen and oxygen atoms in total. The van der Waals surface area contributed by atoms with Crippen molar-refractivity contribution in [2.75, 3.05) is 65.2 Å². The molecule has 2 N–H and O–H groups in total. The van der Waals surface area contributed by atoms with Crippen LogP contribution in [-0.2, 0) is 14.2 Å². The molecule has 0 saturated carbocycles. The molecule has 7 heteroatoms. The van der Waals surface area contributed by atoms with Gasteiger partial charge in [0.05, 0.1) is 26.4 Å². The van der Waals surface area contributed by atoms with Crippen LogP contribution in [0.2, 0.25) is 0 Å². The van der Waals surface area contributed by atoms with Crippen molar-refractivity contribution >= 4 is 22.4 Å². The summed E-state index contributed by atoms with van der Waals surface area (Å²) in [4.78, 5) is 11.2. The van der Waals surface area contributed by atoms with Crippen LogP contribution in [0.1, 0.15) is 0 Å². The Morgan fingerprint density at radius 3 is 2.32 bits per heavy atom. The number of hydrogen-bond donors (Lipinski definition) is 2. The second-order valence-electron chi connectivity index (χ2n) is 3.88. The first-order valence-electron chi connectivity index (χ1n) is 6.29. The third-order valence-corrected chi connectivity index (χ3v) is 2.91. The molecule has 0 radical (unpaired) electrons. The maximum absolute atomic E-state index is 11.2. The van der Waals surface area contributed by atoms with Crippen molar-refractivity contribution in [3.05, 3.63) is 0 Å². The van der Waals surface area contributed by atoms with Gasteiger partial charge in [0, 0.05) is 18.8 Å². The quantitative estimate of drug-likeness (QED) is 0.400. The molecule has 0 aliphatic rings. The fourth-order valence-electron chi connectivity index (χ4n) is 1.05. The summed E-state index contributed by atoms with van der Waals surface area (Å²) in [7, 11) is 1.93. The molecule has 0 bridgehead atoms. The van der Waals surface area contributed by atoms with Gasteiger partial charge in [-0.05, 0) is 13.3 Å². The van der Waals surface area contributed by atoms with Crippen LogP contribution in [0, 0.1) is 0 Å². The number of alkyl carbamates (subject to hydrolysis) is 1. The van der Waals surface area contributed by atoms with Gasteiger partial charge in [-0.3, -0.25) is 0 Å². The minimum absolute atomic E-state index is 0.0561. The number of likely N-dealkylation sites (N-methyl/N-ethyl adjacent to an activating group) is 1. The Morgan fingerprint density at radius 2 is 1.74 bits per heavy atom. The highest BCUT2D eigenvalue weighted by Gasteiger charge is 2.00. The van der Waals surface area contributed by atoms with Crippen molar-refractivity contribution in [1.82, 2.24) is 10.6 Å². The first-order chi connectivity index (χ1) is 9.16. The van der Waals surface area contributed by atoms with Crippen LogP contribution in [0.3, 0.4) is 0 Å². The van der Waals surface area contributed by atoms with Crippen LogP contribution in [0.5, 0.6) is 0 Å². The highest BCUT2D eigenvalue weighted by atomic mass is 32.2. The lowest BCUT2D eigenvalue weighted by Gasteiger charge is -2.08. The topological polar surface area (TPSA) is 68.8 Å². The molecule has 19 heavy (non-hydrogen) atoms. The average molecular weight is 294 g/mol. The predicted molar refractivity (Wildman–Crippen MR) is 80.4 cm³/mol. The molecule has 0 aliphatic heterocycles. The normalized spacial score (nSPS) is 12.1. The molecule has 0 rings (SSSR count). The Hall–Kier alpha value is -0.630. The van der Waals surface area contributed by atoms with Gasteiger partial charge in [-0.15, -0.1) is 0 Å². The Morgan fingerprint density at radius 1 is 1.11 bits per heavy atom. The van der Waals surface area contributed by atoms with Crippen molar-refractivity contribution in [2.24, 2.45) is 0 Å². The van der Waals surface area contributed by atoms with E-state index in [1.807, 2.05) is 13.3 Å². The van der Waals surface area contributed by atoms with Crippen LogP contribution >= 0.6 is 10.5 Å². The van der Waals surface area contributed by atoms with Gasteiger partial charge in [0.1, 0.15) is 6.61 Å². The Bertz CT molecular complexity index is 252. The van der Waals surface area contributed by atoms with E-state index < -0.39 is 6.09 Å². The van der Waals surface area contributed by atoms with Gasteiger partial charge in [0.2, 0.25) is 0 Å². The van der Waals surface area contributed by atoms with Crippen LogP contribution in [0.15, 0.2) is 0 Å². The number of carbonyl (C=O) groups excluding carboxylic acids is 1. The lowest BCUT2D eigenvalue weighted by Crippen LogP contribution is -2.29. The molecule has 114 valence electrons. The third-order valence-electron chi connectivity index (χ3n) is 2.05. The Balaban J connectivity index is 3.16. The first kappa shape index (κ1) is 18.4. The first-order valence-corrected chi connectivity index (χ1v) is 8.27. The van der Waals surface area contributed by atoms with E-state index in [1.165, 1.54) is 0 Å². The van der Waals surface area contributed by atoms with Gasteiger partial charge >= 0.3 is 6.09 Å². The van der Waals surface area contributed by atoms with E-state index >= 15 is 0 Å². The Labute approximate surface area is 118 Å². The maximum atomic E-state index is 11.2. The van der Waals surface area contributed by atoms with Crippen LogP contribution in [0.25, 0.3) is 0 Å². The molecule has 0 aromatic rings. The van der Waals surface area contributed by atoms with Crippen LogP contribution in [0.4, 0.5) is 4.79 Å². The van der Waals surface area contributed by atoms with E-state index in [1.54, 1.807) is 0 Å². The zero-order chi connectivity index (χ0) is 14.3. The fourth-order valence-corrected chi connectivity index (χ4v) is 1.42. The third kappa shape index (κ3) is 15.3. The molecule has 1 unspecified atom stereocenters. The summed E-state index contributed by atoms with van der Waals surface area (Å²) in [5.74, 6) is 4.64. The second kappa shape index (κ2) is 13.8. The molecule has 0 aromatic carbocycles. The highest BCUT2D eigenvalue weighted by molar-refractivity contribution is 8.13. The summed E-state index contributed by atoms with van der Waals surface area (Å²) in [5.41, 5.74) is 0. The highest BCUT2D eigenvalue weighted by Crippen LogP contribution is 1.99. The van der Waals surface area contributed by atoms with Gasteiger partial charge in [0.15, 0.2) is 0 Å². The Kier molecular flexibility index (Phi) is 13.3. The summed E-state index contributed by atoms with van der Waals surface area (Å²) in [6.07, 6.45) is 1.60. The summed E-state index contributed by atoms with van der Waals surface area (Å²) in [5, 5.41) is 5.60. The van der Waals surface area contributed by atoms with Crippen molar-refractivity contribution in [2.45, 2.75) is 0 Å². The summed E-state index contributed by atoms with van der Waals surface area (Å²) in [6, 6.07) is 0. The summed E-state index contributed by atoms with van der Waals surface area (Å²) in [6.45, 7) is 3.91. The van der Waals surface area contributed by atoms with Gasteiger partial charge in [0.25, 0.3) is 0 Å². The van der Waals surface area contributed by atoms with Gasteiger partial charge in [-0.2, -0.15) is 10.5 Å². The molecule has 0 saturated heterocycles. The van der Waals surface area contributed by atoms with Gasteiger partial charge < -0.3 is 24.8 Å². The van der Waals surface area contributed by atoms with Gasteiger partial charge in [-0.1, -0.05) is 5.87 Å². The molecular weight excluding hydrogens is 268 g/mol. The predicted octanol–water partition coefficient (Wildman–Crippen LogP) is 0.296. The number of amides is 1. The number of rotatable bonds is 12. The maximum Gasteiger partial charge on any atom is 0.407 e. The number of carbonyl (C=O) groups is 1. The zero-order valence-electron chi connectivity index (χ0n) is 11.9. The number of hydrogen-bond acceptors (Lipinski definition) is 5. The van der Waals surface area contributed by atoms with Crippen molar-refractivity contribution < 1.29 is 19.0 Å². The average Bonchev–Trinajstić information content (AvgIpc) is 2.36. The van der Waals surface area contributed by atoms with E-state index in [-0.39, 0.29) is 10.5 Å². The molecule has 1 atom stereocenters. The molecule has 0 fully saturated rings. The summed E-state index contributed by atoms with van der Waals surface area (Å²) >= 11 is 0. The van der Waals surface area contributed by atoms with E-state index in [0.29, 0.717) is 39.6 Å². The van der Waals surface area contributed by atoms with E-state index in [0.717, 1.165) is 12.3 Å². The smallest absolute Gasteiger partial charge is 0.407 e. The molecule has 0 heterocycles. The standard InChI is InChI=1S/C12H26N2O4S/c1-13-4-6-16-8-9-17-7-5-14-12(15)18-10-11-19(2)3/h13H,2,4-11H2,1,3H3,(H,14,15). The monoisotopic (exact) mass is 294 g/mol. The summed E-state index contributed by atoms with van der Waals surface area (Å²) < 4.78 is 15.5. The molecule has 0 spiro atoms. The lowest BCUT2D eigenvalue weighted by molar-refractivity contribution is 0.0499. The van der Waals surface area contributed by atoms with Crippen molar-refractivity contribution in [3.63, 3.8) is 0 Å². The van der Waals surface area contributed by atoms with Crippen molar-refractivity contribution in [1.29, 1.82) is 0 Å². The fraction of sp³-hybridized carbons (Fsp3) is 0.833. The van der Waals surface area contributed by atoms with E-state index in [9.17, 15) is 4.79 Å². The van der Waals surface area contributed by atoms with Crippen LogP contribution < -0.4 is 10.6 Å². The lowest BCUT2D eigenvalue weighted by atomic mass is 10.6. The van der Waals surface area contributed by atoms with Crippen molar-refractivity contribution in [3.8, 4) is 0 Å².